The number of benzene rings is 1. The van der Waals surface area contributed by atoms with Crippen LogP contribution in [0.2, 0.25) is 0 Å². The predicted octanol–water partition coefficient (Wildman–Crippen LogP) is 1.12. The van der Waals surface area contributed by atoms with Gasteiger partial charge in [-0.05, 0) is 36.8 Å². The van der Waals surface area contributed by atoms with E-state index < -0.39 is 24.1 Å². The van der Waals surface area contributed by atoms with Crippen LogP contribution in [0.3, 0.4) is 0 Å². The van der Waals surface area contributed by atoms with Gasteiger partial charge in [-0.1, -0.05) is 0 Å². The van der Waals surface area contributed by atoms with Gasteiger partial charge in [-0.2, -0.15) is 0 Å². The Hall–Kier alpha value is -2.97. The Kier molecular flexibility index (Phi) is 8.04. The maximum absolute atomic E-state index is 11.7. The highest BCUT2D eigenvalue weighted by Gasteiger charge is 2.05. The Morgan fingerprint density at radius 2 is 1.76 bits per heavy atom. The highest BCUT2D eigenvalue weighted by molar-refractivity contribution is 6.03. The summed E-state index contributed by atoms with van der Waals surface area (Å²) < 4.78 is 8.97. The monoisotopic (exact) mass is 348 g/mol. The zero-order valence-corrected chi connectivity index (χ0v) is 14.1. The fraction of sp³-hybridized carbons (Fsp3) is 0.235. The second-order valence-electron chi connectivity index (χ2n) is 4.85. The summed E-state index contributed by atoms with van der Waals surface area (Å²) in [6.07, 6.45) is 3.27. The zero-order valence-electron chi connectivity index (χ0n) is 14.1. The lowest BCUT2D eigenvalue weighted by Gasteiger charge is -2.09. The number of aliphatic hydroxyl groups excluding tert-OH is 1. The molecule has 0 aliphatic rings. The maximum atomic E-state index is 11.7. The normalized spacial score (nSPS) is 12.2. The molecule has 0 heterocycles. The Morgan fingerprint density at radius 1 is 1.08 bits per heavy atom. The molecule has 1 atom stereocenters. The van der Waals surface area contributed by atoms with Gasteiger partial charge in [0.05, 0.1) is 7.11 Å². The van der Waals surface area contributed by atoms with E-state index in [1.807, 2.05) is 0 Å². The summed E-state index contributed by atoms with van der Waals surface area (Å²) in [5.74, 6) is -1.55. The molecular formula is C17H20N2O6. The van der Waals surface area contributed by atoms with Crippen LogP contribution < -0.4 is 10.6 Å². The molecule has 0 saturated carbocycles. The van der Waals surface area contributed by atoms with Gasteiger partial charge in [-0.3, -0.25) is 9.59 Å². The molecule has 3 N–H and O–H groups in total. The number of esters is 1. The average molecular weight is 348 g/mol. The third-order valence-electron chi connectivity index (χ3n) is 2.98. The van der Waals surface area contributed by atoms with E-state index in [9.17, 15) is 19.5 Å². The molecule has 0 aliphatic heterocycles. The molecule has 1 aromatic rings. The zero-order chi connectivity index (χ0) is 18.8. The van der Waals surface area contributed by atoms with E-state index in [4.69, 9.17) is 0 Å². The number of rotatable bonds is 7. The third-order valence-corrected chi connectivity index (χ3v) is 2.98. The number of aliphatic hydroxyl groups is 1. The van der Waals surface area contributed by atoms with Gasteiger partial charge in [0, 0.05) is 36.7 Å². The van der Waals surface area contributed by atoms with Crippen molar-refractivity contribution in [3.63, 3.8) is 0 Å². The van der Waals surface area contributed by atoms with Gasteiger partial charge in [-0.25, -0.2) is 4.79 Å². The predicted molar refractivity (Wildman–Crippen MR) is 91.8 cm³/mol. The quantitative estimate of drug-likeness (QED) is 0.387. The number of ether oxygens (including phenoxy) is 2. The molecule has 2 amide bonds. The Bertz CT molecular complexity index is 696. The topological polar surface area (TPSA) is 114 Å². The van der Waals surface area contributed by atoms with Crippen molar-refractivity contribution in [3.8, 4) is 0 Å². The van der Waals surface area contributed by atoms with Crippen LogP contribution in [0.4, 0.5) is 11.4 Å². The van der Waals surface area contributed by atoms with Crippen molar-refractivity contribution in [2.75, 3.05) is 24.9 Å². The van der Waals surface area contributed by atoms with E-state index in [1.165, 1.54) is 20.3 Å². The van der Waals surface area contributed by atoms with E-state index in [0.717, 1.165) is 18.2 Å². The SMILES string of the molecule is COC(=O)/C=C\C(=O)Nc1ccc(NC(=O)/C=C\C(O)OC)c(C)c1. The van der Waals surface area contributed by atoms with E-state index >= 15 is 0 Å². The number of aryl methyl sites for hydroxylation is 1. The number of hydrogen-bond acceptors (Lipinski definition) is 6. The van der Waals surface area contributed by atoms with Crippen molar-refractivity contribution in [1.29, 1.82) is 0 Å². The molecule has 0 spiro atoms. The number of methoxy groups -OCH3 is 2. The Labute approximate surface area is 145 Å². The van der Waals surface area contributed by atoms with Crippen molar-refractivity contribution in [2.24, 2.45) is 0 Å². The largest absolute Gasteiger partial charge is 0.466 e. The molecule has 0 fully saturated rings. The first-order valence-corrected chi connectivity index (χ1v) is 7.23. The minimum absolute atomic E-state index is 0.433. The van der Waals surface area contributed by atoms with E-state index in [0.29, 0.717) is 16.9 Å². The average Bonchev–Trinajstić information content (AvgIpc) is 2.59. The van der Waals surface area contributed by atoms with Crippen LogP contribution in [0, 0.1) is 6.92 Å². The van der Waals surface area contributed by atoms with Crippen LogP contribution in [0.1, 0.15) is 5.56 Å². The van der Waals surface area contributed by atoms with Crippen molar-refractivity contribution < 1.29 is 29.0 Å². The van der Waals surface area contributed by atoms with Gasteiger partial charge < -0.3 is 25.2 Å². The summed E-state index contributed by atoms with van der Waals surface area (Å²) in [5.41, 5.74) is 1.76. The fourth-order valence-electron chi connectivity index (χ4n) is 1.70. The highest BCUT2D eigenvalue weighted by atomic mass is 16.6. The summed E-state index contributed by atoms with van der Waals surface area (Å²) >= 11 is 0. The van der Waals surface area contributed by atoms with Crippen LogP contribution >= 0.6 is 0 Å². The first-order valence-electron chi connectivity index (χ1n) is 7.23. The number of carbonyl (C=O) groups is 3. The maximum Gasteiger partial charge on any atom is 0.330 e. The van der Waals surface area contributed by atoms with Gasteiger partial charge in [0.1, 0.15) is 0 Å². The molecular weight excluding hydrogens is 328 g/mol. The van der Waals surface area contributed by atoms with E-state index in [1.54, 1.807) is 25.1 Å². The van der Waals surface area contributed by atoms with Gasteiger partial charge in [0.2, 0.25) is 11.8 Å². The molecule has 25 heavy (non-hydrogen) atoms. The van der Waals surface area contributed by atoms with Crippen LogP contribution in [-0.2, 0) is 23.9 Å². The molecule has 0 saturated heterocycles. The highest BCUT2D eigenvalue weighted by Crippen LogP contribution is 2.19. The van der Waals surface area contributed by atoms with Gasteiger partial charge >= 0.3 is 5.97 Å². The minimum Gasteiger partial charge on any atom is -0.466 e. The lowest BCUT2D eigenvalue weighted by Crippen LogP contribution is -2.12. The van der Waals surface area contributed by atoms with Crippen molar-refractivity contribution in [1.82, 2.24) is 0 Å². The first-order chi connectivity index (χ1) is 11.8. The van der Waals surface area contributed by atoms with Gasteiger partial charge in [-0.15, -0.1) is 0 Å². The summed E-state index contributed by atoms with van der Waals surface area (Å²) in [5, 5.41) is 14.4. The molecule has 134 valence electrons. The molecule has 8 heteroatoms. The molecule has 0 radical (unpaired) electrons. The summed E-state index contributed by atoms with van der Waals surface area (Å²) in [6, 6.07) is 4.88. The summed E-state index contributed by atoms with van der Waals surface area (Å²) in [6.45, 7) is 1.75. The summed E-state index contributed by atoms with van der Waals surface area (Å²) in [7, 11) is 2.52. The number of anilines is 2. The van der Waals surface area contributed by atoms with Gasteiger partial charge in [0.25, 0.3) is 0 Å². The standard InChI is InChI=1S/C17H20N2O6/c1-11-10-12(18-14(20)6-8-16(22)24-2)4-5-13(11)19-15(21)7-9-17(23)25-3/h4-10,17,23H,1-3H3,(H,18,20)(H,19,21)/b8-6-,9-7-. The molecule has 8 nitrogen and oxygen atoms in total. The van der Waals surface area contributed by atoms with Crippen molar-refractivity contribution in [3.05, 3.63) is 48.1 Å². The summed E-state index contributed by atoms with van der Waals surface area (Å²) in [4.78, 5) is 34.3. The molecule has 0 bridgehead atoms. The Morgan fingerprint density at radius 3 is 2.36 bits per heavy atom. The lowest BCUT2D eigenvalue weighted by atomic mass is 10.1. The van der Waals surface area contributed by atoms with E-state index in [-0.39, 0.29) is 0 Å². The van der Waals surface area contributed by atoms with Crippen molar-refractivity contribution >= 4 is 29.2 Å². The lowest BCUT2D eigenvalue weighted by molar-refractivity contribution is -0.135. The Balaban J connectivity index is 2.69. The molecule has 1 rings (SSSR count). The fourth-order valence-corrected chi connectivity index (χ4v) is 1.70. The third kappa shape index (κ3) is 7.42. The van der Waals surface area contributed by atoms with Gasteiger partial charge in [0.15, 0.2) is 6.29 Å². The second kappa shape index (κ2) is 10.0. The van der Waals surface area contributed by atoms with Crippen LogP contribution in [0.25, 0.3) is 0 Å². The first kappa shape index (κ1) is 20.1. The second-order valence-corrected chi connectivity index (χ2v) is 4.85. The molecule has 0 aromatic heterocycles. The number of hydrogen-bond donors (Lipinski definition) is 3. The van der Waals surface area contributed by atoms with Crippen molar-refractivity contribution in [2.45, 2.75) is 13.2 Å². The smallest absolute Gasteiger partial charge is 0.330 e. The number of carbonyl (C=O) groups excluding carboxylic acids is 3. The minimum atomic E-state index is -1.15. The molecule has 0 aliphatic carbocycles. The van der Waals surface area contributed by atoms with E-state index in [2.05, 4.69) is 20.1 Å². The molecule has 1 aromatic carbocycles. The van der Waals surface area contributed by atoms with Crippen LogP contribution in [0.15, 0.2) is 42.5 Å². The number of amides is 2. The van der Waals surface area contributed by atoms with Crippen LogP contribution in [-0.4, -0.2) is 43.4 Å². The van der Waals surface area contributed by atoms with Crippen LogP contribution in [0.5, 0.6) is 0 Å². The number of nitrogens with one attached hydrogen (secondary N) is 2. The molecule has 1 unspecified atom stereocenters.